The zero-order valence-corrected chi connectivity index (χ0v) is 11.9. The summed E-state index contributed by atoms with van der Waals surface area (Å²) >= 11 is 0. The van der Waals surface area contributed by atoms with E-state index < -0.39 is 0 Å². The van der Waals surface area contributed by atoms with E-state index >= 15 is 0 Å². The molecule has 1 aromatic heterocycles. The topological polar surface area (TPSA) is 34.2 Å². The highest BCUT2D eigenvalue weighted by Crippen LogP contribution is 2.31. The Hall–Kier alpha value is -2.42. The number of nitrogens with one attached hydrogen (secondary N) is 1. The Morgan fingerprint density at radius 3 is 2.20 bits per heavy atom. The number of hydrogen-bond donors (Lipinski definition) is 1. The molecule has 102 valence electrons. The van der Waals surface area contributed by atoms with E-state index in [2.05, 4.69) is 36.2 Å². The Morgan fingerprint density at radius 2 is 1.60 bits per heavy atom. The monoisotopic (exact) mass is 267 g/mol. The van der Waals surface area contributed by atoms with E-state index in [4.69, 9.17) is 9.47 Å². The maximum atomic E-state index is 5.32. The third-order valence-electron chi connectivity index (χ3n) is 3.54. The van der Waals surface area contributed by atoms with E-state index in [9.17, 15) is 0 Å². The molecule has 3 nitrogen and oxygen atoms in total. The first-order chi connectivity index (χ1) is 9.71. The highest BCUT2D eigenvalue weighted by atomic mass is 16.5. The summed E-state index contributed by atoms with van der Waals surface area (Å²) in [6.45, 7) is 2.12. The molecular weight excluding hydrogens is 250 g/mol. The first kappa shape index (κ1) is 12.6. The molecule has 0 spiro atoms. The maximum absolute atomic E-state index is 5.32. The molecule has 20 heavy (non-hydrogen) atoms. The van der Waals surface area contributed by atoms with E-state index in [0.29, 0.717) is 0 Å². The van der Waals surface area contributed by atoms with Gasteiger partial charge < -0.3 is 14.5 Å². The van der Waals surface area contributed by atoms with Crippen LogP contribution in [0.25, 0.3) is 22.2 Å². The van der Waals surface area contributed by atoms with Crippen LogP contribution in [0.15, 0.2) is 42.5 Å². The van der Waals surface area contributed by atoms with Crippen LogP contribution in [-0.4, -0.2) is 19.2 Å². The van der Waals surface area contributed by atoms with Crippen LogP contribution in [0.4, 0.5) is 0 Å². The highest BCUT2D eigenvalue weighted by Gasteiger charge is 2.08. The third kappa shape index (κ3) is 2.11. The molecule has 0 aliphatic heterocycles. The van der Waals surface area contributed by atoms with E-state index in [1.165, 1.54) is 10.9 Å². The van der Waals surface area contributed by atoms with Crippen molar-refractivity contribution in [3.05, 3.63) is 48.0 Å². The average molecular weight is 267 g/mol. The minimum absolute atomic E-state index is 0.787. The Morgan fingerprint density at radius 1 is 0.900 bits per heavy atom. The molecule has 0 saturated heterocycles. The molecule has 0 radical (unpaired) electrons. The van der Waals surface area contributed by atoms with E-state index in [-0.39, 0.29) is 0 Å². The van der Waals surface area contributed by atoms with Gasteiger partial charge in [0, 0.05) is 28.2 Å². The molecule has 3 heteroatoms. The lowest BCUT2D eigenvalue weighted by Crippen LogP contribution is -1.88. The summed E-state index contributed by atoms with van der Waals surface area (Å²) in [5.74, 6) is 1.57. The molecule has 0 aliphatic rings. The fourth-order valence-electron chi connectivity index (χ4n) is 2.43. The number of hydrogen-bond acceptors (Lipinski definition) is 2. The lowest BCUT2D eigenvalue weighted by molar-refractivity contribution is 0.394. The van der Waals surface area contributed by atoms with Crippen molar-refractivity contribution in [2.45, 2.75) is 6.92 Å². The quantitative estimate of drug-likeness (QED) is 0.773. The van der Waals surface area contributed by atoms with Crippen molar-refractivity contribution in [3.63, 3.8) is 0 Å². The van der Waals surface area contributed by atoms with Crippen molar-refractivity contribution in [2.24, 2.45) is 0 Å². The summed E-state index contributed by atoms with van der Waals surface area (Å²) < 4.78 is 10.6. The van der Waals surface area contributed by atoms with Gasteiger partial charge in [0.05, 0.1) is 14.2 Å². The summed E-state index contributed by atoms with van der Waals surface area (Å²) in [5, 5.41) is 1.24. The Bertz CT molecular complexity index is 737. The number of benzene rings is 2. The first-order valence-electron chi connectivity index (χ1n) is 6.53. The summed E-state index contributed by atoms with van der Waals surface area (Å²) in [6.07, 6.45) is 0. The van der Waals surface area contributed by atoms with Crippen molar-refractivity contribution in [2.75, 3.05) is 14.2 Å². The normalized spacial score (nSPS) is 10.8. The van der Waals surface area contributed by atoms with Crippen LogP contribution < -0.4 is 9.47 Å². The molecule has 0 bridgehead atoms. The van der Waals surface area contributed by atoms with Gasteiger partial charge in [0.2, 0.25) is 0 Å². The van der Waals surface area contributed by atoms with Crippen LogP contribution in [0.5, 0.6) is 11.5 Å². The number of ether oxygens (including phenoxy) is 2. The maximum Gasteiger partial charge on any atom is 0.123 e. The summed E-state index contributed by atoms with van der Waals surface area (Å²) in [7, 11) is 3.32. The SMILES string of the molecule is COc1cc(OC)cc(-c2cc3c(C)cccc3[nH]2)c1. The zero-order chi connectivity index (χ0) is 14.1. The van der Waals surface area contributed by atoms with Crippen LogP contribution in [0, 0.1) is 6.92 Å². The van der Waals surface area contributed by atoms with Crippen molar-refractivity contribution in [1.82, 2.24) is 4.98 Å². The summed E-state index contributed by atoms with van der Waals surface area (Å²) in [5.41, 5.74) is 4.52. The van der Waals surface area contributed by atoms with Gasteiger partial charge in [0.15, 0.2) is 0 Å². The van der Waals surface area contributed by atoms with Gasteiger partial charge in [-0.15, -0.1) is 0 Å². The third-order valence-corrected chi connectivity index (χ3v) is 3.54. The number of aromatic amines is 1. The molecule has 3 aromatic rings. The molecule has 3 rings (SSSR count). The number of rotatable bonds is 3. The van der Waals surface area contributed by atoms with Crippen LogP contribution in [0.1, 0.15) is 5.56 Å². The van der Waals surface area contributed by atoms with Gasteiger partial charge >= 0.3 is 0 Å². The molecule has 0 amide bonds. The highest BCUT2D eigenvalue weighted by molar-refractivity contribution is 5.88. The Balaban J connectivity index is 2.17. The largest absolute Gasteiger partial charge is 0.497 e. The van der Waals surface area contributed by atoms with Gasteiger partial charge in [-0.3, -0.25) is 0 Å². The van der Waals surface area contributed by atoms with E-state index in [1.807, 2.05) is 18.2 Å². The van der Waals surface area contributed by atoms with Gasteiger partial charge in [-0.2, -0.15) is 0 Å². The predicted octanol–water partition coefficient (Wildman–Crippen LogP) is 4.16. The molecule has 0 unspecified atom stereocenters. The fraction of sp³-hybridized carbons (Fsp3) is 0.176. The second-order valence-corrected chi connectivity index (χ2v) is 4.82. The molecule has 1 N–H and O–H groups in total. The number of methoxy groups -OCH3 is 2. The Kier molecular flexibility index (Phi) is 3.11. The van der Waals surface area contributed by atoms with Gasteiger partial charge in [-0.1, -0.05) is 12.1 Å². The number of aromatic nitrogens is 1. The second-order valence-electron chi connectivity index (χ2n) is 4.82. The molecule has 0 saturated carbocycles. The summed E-state index contributed by atoms with van der Waals surface area (Å²) in [4.78, 5) is 3.44. The van der Waals surface area contributed by atoms with Gasteiger partial charge in [-0.05, 0) is 36.8 Å². The minimum Gasteiger partial charge on any atom is -0.497 e. The van der Waals surface area contributed by atoms with E-state index in [1.54, 1.807) is 14.2 Å². The summed E-state index contributed by atoms with van der Waals surface area (Å²) in [6, 6.07) is 14.3. The average Bonchev–Trinajstić information content (AvgIpc) is 2.92. The standard InChI is InChI=1S/C17H17NO2/c1-11-5-4-6-16-15(11)10-17(18-16)12-7-13(19-2)9-14(8-12)20-3/h4-10,18H,1-3H3. The van der Waals surface area contributed by atoms with Gasteiger partial charge in [0.1, 0.15) is 11.5 Å². The molecular formula is C17H17NO2. The van der Waals surface area contributed by atoms with Crippen LogP contribution in [-0.2, 0) is 0 Å². The van der Waals surface area contributed by atoms with Crippen LogP contribution in [0.2, 0.25) is 0 Å². The van der Waals surface area contributed by atoms with Gasteiger partial charge in [0.25, 0.3) is 0 Å². The van der Waals surface area contributed by atoms with Crippen LogP contribution >= 0.6 is 0 Å². The second kappa shape index (κ2) is 4.93. The fourth-order valence-corrected chi connectivity index (χ4v) is 2.43. The first-order valence-corrected chi connectivity index (χ1v) is 6.53. The Labute approximate surface area is 118 Å². The molecule has 2 aromatic carbocycles. The number of fused-ring (bicyclic) bond motifs is 1. The zero-order valence-electron chi connectivity index (χ0n) is 11.9. The number of aryl methyl sites for hydroxylation is 1. The molecule has 0 fully saturated rings. The van der Waals surface area contributed by atoms with Crippen molar-refractivity contribution in [1.29, 1.82) is 0 Å². The smallest absolute Gasteiger partial charge is 0.123 e. The van der Waals surface area contributed by atoms with Crippen molar-refractivity contribution >= 4 is 10.9 Å². The van der Waals surface area contributed by atoms with Crippen LogP contribution in [0.3, 0.4) is 0 Å². The van der Waals surface area contributed by atoms with E-state index in [0.717, 1.165) is 28.3 Å². The predicted molar refractivity (Wildman–Crippen MR) is 81.6 cm³/mol. The molecule has 0 aliphatic carbocycles. The lowest BCUT2D eigenvalue weighted by atomic mass is 10.1. The molecule has 0 atom stereocenters. The lowest BCUT2D eigenvalue weighted by Gasteiger charge is -2.07. The van der Waals surface area contributed by atoms with Crippen molar-refractivity contribution in [3.8, 4) is 22.8 Å². The number of H-pyrrole nitrogens is 1. The molecule has 1 heterocycles. The minimum atomic E-state index is 0.787. The van der Waals surface area contributed by atoms with Crippen molar-refractivity contribution < 1.29 is 9.47 Å². The van der Waals surface area contributed by atoms with Gasteiger partial charge in [-0.25, -0.2) is 0 Å².